The molecule has 0 aliphatic heterocycles. The fourth-order valence-corrected chi connectivity index (χ4v) is 3.62. The molecule has 27 heavy (non-hydrogen) atoms. The highest BCUT2D eigenvalue weighted by molar-refractivity contribution is 6.49. The second-order valence-electron chi connectivity index (χ2n) is 5.43. The van der Waals surface area contributed by atoms with Crippen LogP contribution < -0.4 is 0 Å². The van der Waals surface area contributed by atoms with Crippen molar-refractivity contribution in [2.24, 2.45) is 0 Å². The molecule has 3 aromatic rings. The van der Waals surface area contributed by atoms with Crippen molar-refractivity contribution in [1.29, 1.82) is 0 Å². The summed E-state index contributed by atoms with van der Waals surface area (Å²) >= 11 is 36.1. The lowest BCUT2D eigenvalue weighted by Crippen LogP contribution is -2.02. The average molecular weight is 482 g/mol. The lowest BCUT2D eigenvalue weighted by Gasteiger charge is -2.11. The third-order valence-corrected chi connectivity index (χ3v) is 6.09. The molecule has 0 spiro atoms. The van der Waals surface area contributed by atoms with Crippen LogP contribution in [0.4, 0.5) is 0 Å². The number of aromatic carboxylic acids is 1. The predicted octanol–water partition coefficient (Wildman–Crippen LogP) is 8.03. The molecule has 1 aromatic heterocycles. The van der Waals surface area contributed by atoms with E-state index >= 15 is 0 Å². The summed E-state index contributed by atoms with van der Waals surface area (Å²) in [4.78, 5) is 16.1. The standard InChI is InChI=1S/C18H7Cl6NO2/c19-11-2-7(3-12(20)15(11)23)9-1-10(18(26)27)17(25-6-9)8-4-13(21)16(24)14(22)5-8/h1-6H,(H,26,27). The minimum absolute atomic E-state index is 0.0517. The Morgan fingerprint density at radius 3 is 1.59 bits per heavy atom. The van der Waals surface area contributed by atoms with Gasteiger partial charge in [-0.2, -0.15) is 0 Å². The molecule has 0 saturated heterocycles. The number of carbonyl (C=O) groups is 1. The number of aromatic nitrogens is 1. The fourth-order valence-electron chi connectivity index (χ4n) is 2.43. The van der Waals surface area contributed by atoms with E-state index in [-0.39, 0.29) is 41.4 Å². The van der Waals surface area contributed by atoms with Crippen LogP contribution in [0.25, 0.3) is 22.4 Å². The van der Waals surface area contributed by atoms with Crippen molar-refractivity contribution in [3.63, 3.8) is 0 Å². The number of pyridine rings is 1. The number of hydrogen-bond donors (Lipinski definition) is 1. The van der Waals surface area contributed by atoms with Gasteiger partial charge in [0.25, 0.3) is 0 Å². The average Bonchev–Trinajstić information content (AvgIpc) is 2.62. The SMILES string of the molecule is O=C(O)c1cc(-c2cc(Cl)c(Cl)c(Cl)c2)cnc1-c1cc(Cl)c(Cl)c(Cl)c1. The molecule has 0 radical (unpaired) electrons. The van der Waals surface area contributed by atoms with E-state index < -0.39 is 5.97 Å². The summed E-state index contributed by atoms with van der Waals surface area (Å²) in [5, 5.41) is 10.9. The quantitative estimate of drug-likeness (QED) is 0.385. The maximum atomic E-state index is 11.8. The van der Waals surface area contributed by atoms with Crippen LogP contribution in [0.15, 0.2) is 36.5 Å². The van der Waals surface area contributed by atoms with E-state index in [0.29, 0.717) is 16.7 Å². The minimum atomic E-state index is -1.17. The van der Waals surface area contributed by atoms with Crippen molar-refractivity contribution in [1.82, 2.24) is 4.98 Å². The Hall–Kier alpha value is -1.20. The maximum Gasteiger partial charge on any atom is 0.337 e. The van der Waals surface area contributed by atoms with Crippen molar-refractivity contribution in [3.05, 3.63) is 72.2 Å². The van der Waals surface area contributed by atoms with Gasteiger partial charge < -0.3 is 5.11 Å². The summed E-state index contributed by atoms with van der Waals surface area (Å²) < 4.78 is 0. The van der Waals surface area contributed by atoms with Crippen molar-refractivity contribution >= 4 is 75.6 Å². The summed E-state index contributed by atoms with van der Waals surface area (Å²) in [5.74, 6) is -1.17. The lowest BCUT2D eigenvalue weighted by molar-refractivity contribution is 0.0697. The number of halogens is 6. The number of carboxylic acids is 1. The Labute approximate surface area is 184 Å². The molecule has 0 aliphatic rings. The zero-order valence-corrected chi connectivity index (χ0v) is 17.6. The molecule has 0 fully saturated rings. The van der Waals surface area contributed by atoms with Gasteiger partial charge in [0.05, 0.1) is 41.4 Å². The van der Waals surface area contributed by atoms with E-state index in [4.69, 9.17) is 69.6 Å². The lowest BCUT2D eigenvalue weighted by atomic mass is 10.0. The molecule has 0 bridgehead atoms. The van der Waals surface area contributed by atoms with Crippen LogP contribution in [-0.2, 0) is 0 Å². The summed E-state index contributed by atoms with van der Waals surface area (Å²) in [5.41, 5.74) is 1.64. The van der Waals surface area contributed by atoms with Gasteiger partial charge in [0, 0.05) is 17.3 Å². The molecule has 3 rings (SSSR count). The van der Waals surface area contributed by atoms with E-state index in [1.165, 1.54) is 24.4 Å². The zero-order chi connectivity index (χ0) is 19.9. The smallest absolute Gasteiger partial charge is 0.337 e. The molecular weight excluding hydrogens is 475 g/mol. The van der Waals surface area contributed by atoms with Gasteiger partial charge in [-0.05, 0) is 35.9 Å². The topological polar surface area (TPSA) is 50.2 Å². The van der Waals surface area contributed by atoms with Gasteiger partial charge in [0.15, 0.2) is 0 Å². The Morgan fingerprint density at radius 2 is 1.15 bits per heavy atom. The van der Waals surface area contributed by atoms with E-state index in [1.54, 1.807) is 12.1 Å². The van der Waals surface area contributed by atoms with Crippen molar-refractivity contribution < 1.29 is 9.90 Å². The van der Waals surface area contributed by atoms with Crippen molar-refractivity contribution in [2.75, 3.05) is 0 Å². The van der Waals surface area contributed by atoms with Crippen LogP contribution in [-0.4, -0.2) is 16.1 Å². The van der Waals surface area contributed by atoms with Gasteiger partial charge in [-0.1, -0.05) is 69.6 Å². The third-order valence-electron chi connectivity index (χ3n) is 3.69. The number of nitrogens with zero attached hydrogens (tertiary/aromatic N) is 1. The van der Waals surface area contributed by atoms with Gasteiger partial charge >= 0.3 is 5.97 Å². The molecule has 0 unspecified atom stereocenters. The second-order valence-corrected chi connectivity index (χ2v) is 7.82. The molecule has 0 aliphatic carbocycles. The summed E-state index contributed by atoms with van der Waals surface area (Å²) in [7, 11) is 0. The highest BCUT2D eigenvalue weighted by Crippen LogP contribution is 2.38. The number of rotatable bonds is 3. The highest BCUT2D eigenvalue weighted by atomic mass is 35.5. The Morgan fingerprint density at radius 1 is 0.704 bits per heavy atom. The first kappa shape index (κ1) is 20.5. The normalized spacial score (nSPS) is 10.9. The maximum absolute atomic E-state index is 11.8. The molecule has 3 nitrogen and oxygen atoms in total. The Bertz CT molecular complexity index is 1040. The number of hydrogen-bond acceptors (Lipinski definition) is 2. The van der Waals surface area contributed by atoms with E-state index in [1.807, 2.05) is 0 Å². The van der Waals surface area contributed by atoms with Gasteiger partial charge in [0.1, 0.15) is 0 Å². The fraction of sp³-hybridized carbons (Fsp3) is 0. The van der Waals surface area contributed by atoms with Crippen LogP contribution >= 0.6 is 69.6 Å². The molecular formula is C18H7Cl6NO2. The first-order valence-corrected chi connectivity index (χ1v) is 9.49. The molecule has 2 aromatic carbocycles. The van der Waals surface area contributed by atoms with Gasteiger partial charge in [-0.25, -0.2) is 4.79 Å². The molecule has 0 atom stereocenters. The summed E-state index contributed by atoms with van der Waals surface area (Å²) in [6.45, 7) is 0. The molecule has 138 valence electrons. The van der Waals surface area contributed by atoms with E-state index in [0.717, 1.165) is 0 Å². The molecule has 0 amide bonds. The van der Waals surface area contributed by atoms with Gasteiger partial charge in [-0.3, -0.25) is 4.98 Å². The minimum Gasteiger partial charge on any atom is -0.478 e. The Balaban J connectivity index is 2.19. The summed E-state index contributed by atoms with van der Waals surface area (Å²) in [6, 6.07) is 7.61. The largest absolute Gasteiger partial charge is 0.478 e. The van der Waals surface area contributed by atoms with E-state index in [2.05, 4.69) is 4.98 Å². The van der Waals surface area contributed by atoms with Gasteiger partial charge in [-0.15, -0.1) is 0 Å². The molecule has 1 heterocycles. The zero-order valence-electron chi connectivity index (χ0n) is 13.0. The second kappa shape index (κ2) is 8.04. The van der Waals surface area contributed by atoms with E-state index in [9.17, 15) is 9.90 Å². The first-order valence-electron chi connectivity index (χ1n) is 7.22. The molecule has 0 saturated carbocycles. The van der Waals surface area contributed by atoms with Crippen molar-refractivity contribution in [3.8, 4) is 22.4 Å². The predicted molar refractivity (Wildman–Crippen MR) is 112 cm³/mol. The van der Waals surface area contributed by atoms with Crippen LogP contribution in [0.5, 0.6) is 0 Å². The summed E-state index contributed by atoms with van der Waals surface area (Å²) in [6.07, 6.45) is 1.49. The van der Waals surface area contributed by atoms with Crippen molar-refractivity contribution in [2.45, 2.75) is 0 Å². The third kappa shape index (κ3) is 4.14. The van der Waals surface area contributed by atoms with Crippen LogP contribution in [0.3, 0.4) is 0 Å². The number of benzene rings is 2. The van der Waals surface area contributed by atoms with Gasteiger partial charge in [0.2, 0.25) is 0 Å². The first-order chi connectivity index (χ1) is 12.7. The monoisotopic (exact) mass is 479 g/mol. The van der Waals surface area contributed by atoms with Crippen LogP contribution in [0.2, 0.25) is 30.1 Å². The molecule has 9 heteroatoms. The molecule has 1 N–H and O–H groups in total. The highest BCUT2D eigenvalue weighted by Gasteiger charge is 2.18. The Kier molecular flexibility index (Phi) is 6.11. The van der Waals surface area contributed by atoms with Crippen LogP contribution in [0, 0.1) is 0 Å². The van der Waals surface area contributed by atoms with Crippen LogP contribution in [0.1, 0.15) is 10.4 Å². The number of carboxylic acid groups (broad SMARTS) is 1.